The number of nitrogen functional groups attached to an aromatic ring is 1. The number of benzene rings is 1. The van der Waals surface area contributed by atoms with Crippen LogP contribution in [-0.4, -0.2) is 22.6 Å². The number of carbonyl (C=O) groups is 1. The molecule has 4 N–H and O–H groups in total. The van der Waals surface area contributed by atoms with Gasteiger partial charge in [0.05, 0.1) is 12.6 Å². The average Bonchev–Trinajstić information content (AvgIpc) is 2.70. The predicted octanol–water partition coefficient (Wildman–Crippen LogP) is 1.28. The summed E-state index contributed by atoms with van der Waals surface area (Å²) >= 11 is 0. The summed E-state index contributed by atoms with van der Waals surface area (Å²) in [6.45, 7) is 0.711. The summed E-state index contributed by atoms with van der Waals surface area (Å²) in [6, 6.07) is 5.71. The number of primary amides is 1. The standard InChI is InChI=1S/C13H18N4O2/c1-19-10-6-4-5-9-12(10)16-13(15)17(9)8-3-2-7-11(14)18/h4-6H,2-3,7-8H2,1H3,(H2,14,18)(H2,15,16). The first kappa shape index (κ1) is 13.2. The molecule has 0 aliphatic heterocycles. The fraction of sp³-hybridized carbons (Fsp3) is 0.385. The van der Waals surface area contributed by atoms with Crippen LogP contribution in [0.3, 0.4) is 0 Å². The van der Waals surface area contributed by atoms with Gasteiger partial charge in [0, 0.05) is 13.0 Å². The number of carbonyl (C=O) groups excluding carboxylic acids is 1. The first-order valence-electron chi connectivity index (χ1n) is 6.20. The van der Waals surface area contributed by atoms with Gasteiger partial charge in [-0.3, -0.25) is 4.79 Å². The molecular weight excluding hydrogens is 244 g/mol. The van der Waals surface area contributed by atoms with Crippen LogP contribution in [0.4, 0.5) is 5.95 Å². The van der Waals surface area contributed by atoms with Crippen molar-refractivity contribution in [1.29, 1.82) is 0 Å². The highest BCUT2D eigenvalue weighted by Gasteiger charge is 2.11. The van der Waals surface area contributed by atoms with Crippen LogP contribution in [0.5, 0.6) is 5.75 Å². The Morgan fingerprint density at radius 3 is 2.89 bits per heavy atom. The quantitative estimate of drug-likeness (QED) is 0.766. The molecule has 0 aliphatic carbocycles. The summed E-state index contributed by atoms with van der Waals surface area (Å²) < 4.78 is 7.19. The number of para-hydroxylation sites is 1. The zero-order valence-corrected chi connectivity index (χ0v) is 10.9. The van der Waals surface area contributed by atoms with Crippen molar-refractivity contribution in [3.63, 3.8) is 0 Å². The van der Waals surface area contributed by atoms with E-state index in [1.807, 2.05) is 22.8 Å². The molecule has 1 aromatic heterocycles. The Morgan fingerprint density at radius 2 is 2.21 bits per heavy atom. The van der Waals surface area contributed by atoms with E-state index in [0.717, 1.165) is 23.9 Å². The third-order valence-corrected chi connectivity index (χ3v) is 3.05. The molecule has 2 rings (SSSR count). The largest absolute Gasteiger partial charge is 0.494 e. The number of unbranched alkanes of at least 4 members (excludes halogenated alkanes) is 1. The SMILES string of the molecule is COc1cccc2c1nc(N)n2CCCCC(N)=O. The van der Waals surface area contributed by atoms with Gasteiger partial charge in [-0.2, -0.15) is 0 Å². The lowest BCUT2D eigenvalue weighted by atomic mass is 10.2. The van der Waals surface area contributed by atoms with Crippen molar-refractivity contribution in [2.75, 3.05) is 12.8 Å². The van der Waals surface area contributed by atoms with Crippen LogP contribution in [0.1, 0.15) is 19.3 Å². The monoisotopic (exact) mass is 262 g/mol. The van der Waals surface area contributed by atoms with E-state index in [1.165, 1.54) is 0 Å². The number of aryl methyl sites for hydroxylation is 1. The van der Waals surface area contributed by atoms with Crippen molar-refractivity contribution >= 4 is 22.9 Å². The first-order chi connectivity index (χ1) is 9.13. The summed E-state index contributed by atoms with van der Waals surface area (Å²) in [5.74, 6) is 0.892. The van der Waals surface area contributed by atoms with E-state index >= 15 is 0 Å². The zero-order valence-electron chi connectivity index (χ0n) is 10.9. The van der Waals surface area contributed by atoms with Crippen LogP contribution in [0.15, 0.2) is 18.2 Å². The fourth-order valence-corrected chi connectivity index (χ4v) is 2.11. The third-order valence-electron chi connectivity index (χ3n) is 3.05. The second-order valence-corrected chi connectivity index (χ2v) is 4.37. The predicted molar refractivity (Wildman–Crippen MR) is 73.7 cm³/mol. The Balaban J connectivity index is 2.18. The molecule has 0 saturated carbocycles. The summed E-state index contributed by atoms with van der Waals surface area (Å²) in [6.07, 6.45) is 1.98. The van der Waals surface area contributed by atoms with Gasteiger partial charge in [0.1, 0.15) is 11.3 Å². The number of ether oxygens (including phenoxy) is 1. The molecule has 6 heteroatoms. The van der Waals surface area contributed by atoms with E-state index in [1.54, 1.807) is 7.11 Å². The maximum Gasteiger partial charge on any atom is 0.217 e. The number of aromatic nitrogens is 2. The number of methoxy groups -OCH3 is 1. The van der Waals surface area contributed by atoms with E-state index < -0.39 is 0 Å². The molecule has 0 radical (unpaired) electrons. The minimum atomic E-state index is -0.273. The number of amides is 1. The summed E-state index contributed by atoms with van der Waals surface area (Å²) in [5.41, 5.74) is 12.7. The van der Waals surface area contributed by atoms with Crippen molar-refractivity contribution in [3.05, 3.63) is 18.2 Å². The molecule has 1 amide bonds. The Kier molecular flexibility index (Phi) is 3.89. The zero-order chi connectivity index (χ0) is 13.8. The van der Waals surface area contributed by atoms with Crippen LogP contribution in [0.25, 0.3) is 11.0 Å². The van der Waals surface area contributed by atoms with Crippen molar-refractivity contribution < 1.29 is 9.53 Å². The lowest BCUT2D eigenvalue weighted by Crippen LogP contribution is -2.10. The normalized spacial score (nSPS) is 10.8. The molecule has 0 aliphatic rings. The molecule has 2 aromatic rings. The minimum Gasteiger partial charge on any atom is -0.494 e. The van der Waals surface area contributed by atoms with Crippen molar-refractivity contribution in [1.82, 2.24) is 9.55 Å². The molecule has 0 spiro atoms. The number of nitrogens with two attached hydrogens (primary N) is 2. The lowest BCUT2D eigenvalue weighted by molar-refractivity contribution is -0.118. The van der Waals surface area contributed by atoms with Gasteiger partial charge in [-0.25, -0.2) is 4.98 Å². The molecule has 1 aromatic carbocycles. The number of hydrogen-bond acceptors (Lipinski definition) is 4. The van der Waals surface area contributed by atoms with Gasteiger partial charge in [0.25, 0.3) is 0 Å². The van der Waals surface area contributed by atoms with Gasteiger partial charge in [-0.15, -0.1) is 0 Å². The van der Waals surface area contributed by atoms with Crippen LogP contribution in [-0.2, 0) is 11.3 Å². The number of nitrogens with zero attached hydrogens (tertiary/aromatic N) is 2. The van der Waals surface area contributed by atoms with Gasteiger partial charge in [0.15, 0.2) is 0 Å². The number of imidazole rings is 1. The molecule has 0 atom stereocenters. The molecule has 6 nitrogen and oxygen atoms in total. The van der Waals surface area contributed by atoms with Gasteiger partial charge in [-0.1, -0.05) is 6.07 Å². The Bertz CT molecular complexity index is 592. The van der Waals surface area contributed by atoms with Crippen LogP contribution < -0.4 is 16.2 Å². The second-order valence-electron chi connectivity index (χ2n) is 4.37. The molecule has 1 heterocycles. The van der Waals surface area contributed by atoms with E-state index in [-0.39, 0.29) is 5.91 Å². The van der Waals surface area contributed by atoms with Crippen LogP contribution in [0.2, 0.25) is 0 Å². The van der Waals surface area contributed by atoms with Gasteiger partial charge >= 0.3 is 0 Å². The van der Waals surface area contributed by atoms with Crippen molar-refractivity contribution in [2.45, 2.75) is 25.8 Å². The molecule has 19 heavy (non-hydrogen) atoms. The van der Waals surface area contributed by atoms with E-state index in [2.05, 4.69) is 4.98 Å². The number of hydrogen-bond donors (Lipinski definition) is 2. The van der Waals surface area contributed by atoms with Gasteiger partial charge in [0.2, 0.25) is 11.9 Å². The number of rotatable bonds is 6. The fourth-order valence-electron chi connectivity index (χ4n) is 2.11. The molecule has 102 valence electrons. The Hall–Kier alpha value is -2.24. The summed E-state index contributed by atoms with van der Waals surface area (Å²) in [7, 11) is 1.61. The first-order valence-corrected chi connectivity index (χ1v) is 6.20. The Morgan fingerprint density at radius 1 is 1.42 bits per heavy atom. The highest BCUT2D eigenvalue weighted by atomic mass is 16.5. The van der Waals surface area contributed by atoms with E-state index in [9.17, 15) is 4.79 Å². The molecule has 0 fully saturated rings. The molecule has 0 unspecified atom stereocenters. The van der Waals surface area contributed by atoms with Gasteiger partial charge in [-0.05, 0) is 25.0 Å². The molecular formula is C13H18N4O2. The van der Waals surface area contributed by atoms with Crippen LogP contribution in [0, 0.1) is 0 Å². The average molecular weight is 262 g/mol. The summed E-state index contributed by atoms with van der Waals surface area (Å²) in [5, 5.41) is 0. The maximum atomic E-state index is 10.7. The Labute approximate surface area is 111 Å². The smallest absolute Gasteiger partial charge is 0.217 e. The highest BCUT2D eigenvalue weighted by molar-refractivity contribution is 5.84. The maximum absolute atomic E-state index is 10.7. The van der Waals surface area contributed by atoms with Gasteiger partial charge < -0.3 is 20.8 Å². The second kappa shape index (κ2) is 5.60. The molecule has 0 bridgehead atoms. The summed E-state index contributed by atoms with van der Waals surface area (Å²) in [4.78, 5) is 15.0. The van der Waals surface area contributed by atoms with E-state index in [4.69, 9.17) is 16.2 Å². The highest BCUT2D eigenvalue weighted by Crippen LogP contribution is 2.26. The van der Waals surface area contributed by atoms with Crippen molar-refractivity contribution in [2.24, 2.45) is 5.73 Å². The van der Waals surface area contributed by atoms with Crippen molar-refractivity contribution in [3.8, 4) is 5.75 Å². The van der Waals surface area contributed by atoms with E-state index in [0.29, 0.717) is 24.7 Å². The molecule has 0 saturated heterocycles. The third kappa shape index (κ3) is 2.78. The number of fused-ring (bicyclic) bond motifs is 1. The minimum absolute atomic E-state index is 0.273. The number of anilines is 1. The topological polar surface area (TPSA) is 96.2 Å². The lowest BCUT2D eigenvalue weighted by Gasteiger charge is -2.06. The van der Waals surface area contributed by atoms with Crippen LogP contribution >= 0.6 is 0 Å².